The molecular weight excluding hydrogens is 673 g/mol. The largest absolute Gasteiger partial charge is 0.462 e. The van der Waals surface area contributed by atoms with E-state index in [9.17, 15) is 14.4 Å². The third-order valence-electron chi connectivity index (χ3n) is 10.8. The Morgan fingerprint density at radius 3 is 0.907 bits per heavy atom. The van der Waals surface area contributed by atoms with Crippen molar-refractivity contribution in [1.82, 2.24) is 0 Å². The molecule has 0 aliphatic carbocycles. The van der Waals surface area contributed by atoms with Crippen molar-refractivity contribution in [2.24, 2.45) is 5.92 Å². The smallest absolute Gasteiger partial charge is 0.306 e. The second-order valence-corrected chi connectivity index (χ2v) is 16.9. The first kappa shape index (κ1) is 52.4. The highest BCUT2D eigenvalue weighted by Gasteiger charge is 2.19. The summed E-state index contributed by atoms with van der Waals surface area (Å²) in [5, 5.41) is 0. The average Bonchev–Trinajstić information content (AvgIpc) is 3.15. The van der Waals surface area contributed by atoms with Crippen molar-refractivity contribution in [2.45, 2.75) is 271 Å². The van der Waals surface area contributed by atoms with Crippen LogP contribution in [0.3, 0.4) is 0 Å². The third-order valence-corrected chi connectivity index (χ3v) is 10.8. The Bertz CT molecular complexity index is 811. The summed E-state index contributed by atoms with van der Waals surface area (Å²) in [5.74, 6) is -0.00587. The summed E-state index contributed by atoms with van der Waals surface area (Å²) in [6.45, 7) is 8.97. The first-order chi connectivity index (χ1) is 26.4. The molecule has 6 heteroatoms. The second kappa shape index (κ2) is 42.6. The third kappa shape index (κ3) is 41.6. The summed E-state index contributed by atoms with van der Waals surface area (Å²) in [7, 11) is 0. The zero-order chi connectivity index (χ0) is 39.6. The summed E-state index contributed by atoms with van der Waals surface area (Å²) in [5.41, 5.74) is 0. The van der Waals surface area contributed by atoms with Gasteiger partial charge in [-0.2, -0.15) is 0 Å². The van der Waals surface area contributed by atoms with Gasteiger partial charge in [-0.1, -0.05) is 227 Å². The van der Waals surface area contributed by atoms with E-state index >= 15 is 0 Å². The summed E-state index contributed by atoms with van der Waals surface area (Å²) in [6.07, 6.45) is 42.5. The first-order valence-corrected chi connectivity index (χ1v) is 23.9. The number of carbonyl (C=O) groups excluding carboxylic acids is 3. The number of ether oxygens (including phenoxy) is 3. The van der Waals surface area contributed by atoms with Gasteiger partial charge in [0.25, 0.3) is 0 Å². The highest BCUT2D eigenvalue weighted by Crippen LogP contribution is 2.17. The quantitative estimate of drug-likeness (QED) is 0.0349. The van der Waals surface area contributed by atoms with E-state index in [-0.39, 0.29) is 31.1 Å². The number of carbonyl (C=O) groups is 3. The van der Waals surface area contributed by atoms with Crippen LogP contribution in [-0.2, 0) is 28.6 Å². The lowest BCUT2D eigenvalue weighted by molar-refractivity contribution is -0.167. The molecule has 0 heterocycles. The van der Waals surface area contributed by atoms with Crippen LogP contribution < -0.4 is 0 Å². The van der Waals surface area contributed by atoms with Crippen LogP contribution in [0.2, 0.25) is 0 Å². The SMILES string of the molecule is CCCCCCCCCCCCC(=O)O[C@H](COC(=O)CCCCCCCCC)COC(=O)CCCCCCCCCCCCCCCCCCC(C)C. The molecule has 0 N–H and O–H groups in total. The van der Waals surface area contributed by atoms with E-state index in [0.717, 1.165) is 63.7 Å². The van der Waals surface area contributed by atoms with Gasteiger partial charge in [-0.15, -0.1) is 0 Å². The number of hydrogen-bond acceptors (Lipinski definition) is 6. The minimum atomic E-state index is -0.757. The fourth-order valence-corrected chi connectivity index (χ4v) is 7.16. The molecule has 0 aromatic rings. The van der Waals surface area contributed by atoms with Crippen LogP contribution in [0.4, 0.5) is 0 Å². The van der Waals surface area contributed by atoms with E-state index in [1.54, 1.807) is 0 Å². The monoisotopic (exact) mass is 765 g/mol. The van der Waals surface area contributed by atoms with Crippen molar-refractivity contribution < 1.29 is 28.6 Å². The first-order valence-electron chi connectivity index (χ1n) is 23.9. The predicted molar refractivity (Wildman–Crippen MR) is 229 cm³/mol. The van der Waals surface area contributed by atoms with Crippen LogP contribution >= 0.6 is 0 Å². The Hall–Kier alpha value is -1.59. The van der Waals surface area contributed by atoms with Gasteiger partial charge >= 0.3 is 17.9 Å². The molecule has 6 nitrogen and oxygen atoms in total. The number of esters is 3. The maximum Gasteiger partial charge on any atom is 0.306 e. The van der Waals surface area contributed by atoms with Crippen LogP contribution in [-0.4, -0.2) is 37.2 Å². The molecule has 0 bridgehead atoms. The molecule has 0 aliphatic rings. The molecule has 0 fully saturated rings. The van der Waals surface area contributed by atoms with Crippen molar-refractivity contribution in [2.75, 3.05) is 13.2 Å². The van der Waals surface area contributed by atoms with Crippen molar-refractivity contribution in [3.05, 3.63) is 0 Å². The van der Waals surface area contributed by atoms with Gasteiger partial charge < -0.3 is 14.2 Å². The number of rotatable bonds is 43. The maximum atomic E-state index is 12.7. The Labute approximate surface area is 336 Å². The summed E-state index contributed by atoms with van der Waals surface area (Å²) in [4.78, 5) is 37.6. The second-order valence-electron chi connectivity index (χ2n) is 16.9. The van der Waals surface area contributed by atoms with Gasteiger partial charge in [-0.3, -0.25) is 14.4 Å². The van der Waals surface area contributed by atoms with E-state index in [1.165, 1.54) is 161 Å². The average molecular weight is 765 g/mol. The molecule has 320 valence electrons. The highest BCUT2D eigenvalue weighted by atomic mass is 16.6. The molecule has 0 unspecified atom stereocenters. The van der Waals surface area contributed by atoms with Crippen LogP contribution in [0.25, 0.3) is 0 Å². The maximum absolute atomic E-state index is 12.7. The van der Waals surface area contributed by atoms with Gasteiger partial charge in [-0.05, 0) is 25.2 Å². The molecule has 0 saturated carbocycles. The molecule has 54 heavy (non-hydrogen) atoms. The number of unbranched alkanes of at least 4 members (excludes halogenated alkanes) is 30. The van der Waals surface area contributed by atoms with Gasteiger partial charge in [0.2, 0.25) is 0 Å². The molecule has 0 aromatic heterocycles. The Balaban J connectivity index is 4.14. The molecule has 0 spiro atoms. The Morgan fingerprint density at radius 2 is 0.611 bits per heavy atom. The van der Waals surface area contributed by atoms with Gasteiger partial charge in [0.05, 0.1) is 0 Å². The van der Waals surface area contributed by atoms with Crippen LogP contribution in [0.1, 0.15) is 265 Å². The van der Waals surface area contributed by atoms with Gasteiger partial charge in [0, 0.05) is 19.3 Å². The van der Waals surface area contributed by atoms with Gasteiger partial charge in [0.15, 0.2) is 6.10 Å². The molecule has 0 radical (unpaired) electrons. The normalized spacial score (nSPS) is 11.9. The highest BCUT2D eigenvalue weighted by molar-refractivity contribution is 5.71. The zero-order valence-electron chi connectivity index (χ0n) is 36.7. The van der Waals surface area contributed by atoms with Gasteiger partial charge in [-0.25, -0.2) is 0 Å². The van der Waals surface area contributed by atoms with Crippen molar-refractivity contribution >= 4 is 17.9 Å². The number of hydrogen-bond donors (Lipinski definition) is 0. The predicted octanol–water partition coefficient (Wildman–Crippen LogP) is 15.1. The minimum Gasteiger partial charge on any atom is -0.462 e. The van der Waals surface area contributed by atoms with Crippen LogP contribution in [0.15, 0.2) is 0 Å². The van der Waals surface area contributed by atoms with E-state index in [2.05, 4.69) is 27.7 Å². The molecule has 0 aromatic carbocycles. The van der Waals surface area contributed by atoms with E-state index in [4.69, 9.17) is 14.2 Å². The topological polar surface area (TPSA) is 78.9 Å². The lowest BCUT2D eigenvalue weighted by Gasteiger charge is -2.18. The van der Waals surface area contributed by atoms with Crippen LogP contribution in [0, 0.1) is 5.92 Å². The van der Waals surface area contributed by atoms with Crippen LogP contribution in [0.5, 0.6) is 0 Å². The minimum absolute atomic E-state index is 0.0637. The van der Waals surface area contributed by atoms with Crippen molar-refractivity contribution in [3.63, 3.8) is 0 Å². The van der Waals surface area contributed by atoms with Crippen molar-refractivity contribution in [1.29, 1.82) is 0 Å². The van der Waals surface area contributed by atoms with Gasteiger partial charge in [0.1, 0.15) is 13.2 Å². The summed E-state index contributed by atoms with van der Waals surface area (Å²) < 4.78 is 16.7. The Kier molecular flexibility index (Phi) is 41.3. The van der Waals surface area contributed by atoms with E-state index < -0.39 is 6.10 Å². The van der Waals surface area contributed by atoms with E-state index in [0.29, 0.717) is 19.3 Å². The summed E-state index contributed by atoms with van der Waals surface area (Å²) >= 11 is 0. The lowest BCUT2D eigenvalue weighted by atomic mass is 10.0. The van der Waals surface area contributed by atoms with E-state index in [1.807, 2.05) is 0 Å². The molecular formula is C48H92O6. The molecule has 1 atom stereocenters. The zero-order valence-corrected chi connectivity index (χ0v) is 36.7. The molecule has 0 saturated heterocycles. The molecule has 0 aliphatic heterocycles. The fraction of sp³-hybridized carbons (Fsp3) is 0.938. The Morgan fingerprint density at radius 1 is 0.352 bits per heavy atom. The fourth-order valence-electron chi connectivity index (χ4n) is 7.16. The summed E-state index contributed by atoms with van der Waals surface area (Å²) in [6, 6.07) is 0. The van der Waals surface area contributed by atoms with Crippen molar-refractivity contribution in [3.8, 4) is 0 Å². The lowest BCUT2D eigenvalue weighted by Crippen LogP contribution is -2.30. The molecule has 0 amide bonds. The molecule has 0 rings (SSSR count). The standard InChI is InChI=1S/C48H92O6/c1-5-7-9-11-13-14-24-29-33-37-41-48(51)54-45(42-52-46(49)39-35-31-26-12-10-8-6-2)43-53-47(50)40-36-32-28-25-22-20-18-16-15-17-19-21-23-27-30-34-38-44(3)4/h44-45H,5-43H2,1-4H3/t45-/m1/s1.